The normalized spacial score (nSPS) is 21.0. The van der Waals surface area contributed by atoms with Crippen LogP contribution in [0.3, 0.4) is 0 Å². The van der Waals surface area contributed by atoms with Gasteiger partial charge in [-0.05, 0) is 43.4 Å². The summed E-state index contributed by atoms with van der Waals surface area (Å²) < 4.78 is 13.0. The van der Waals surface area contributed by atoms with Crippen LogP contribution in [0.5, 0.6) is 0 Å². The van der Waals surface area contributed by atoms with Crippen molar-refractivity contribution in [2.45, 2.75) is 56.4 Å². The fourth-order valence-electron chi connectivity index (χ4n) is 3.23. The van der Waals surface area contributed by atoms with E-state index in [9.17, 15) is 4.39 Å². The van der Waals surface area contributed by atoms with Crippen molar-refractivity contribution in [2.24, 2.45) is 10.7 Å². The van der Waals surface area contributed by atoms with Gasteiger partial charge >= 0.3 is 0 Å². The van der Waals surface area contributed by atoms with Gasteiger partial charge in [0, 0.05) is 11.5 Å². The van der Waals surface area contributed by atoms with Crippen molar-refractivity contribution >= 4 is 29.9 Å². The molecule has 0 aliphatic heterocycles. The van der Waals surface area contributed by atoms with Crippen LogP contribution in [0.25, 0.3) is 0 Å². The molecule has 122 valence electrons. The highest BCUT2D eigenvalue weighted by atomic mass is 127. The van der Waals surface area contributed by atoms with Gasteiger partial charge in [-0.15, -0.1) is 24.0 Å². The maximum Gasteiger partial charge on any atom is 0.188 e. The Labute approximate surface area is 149 Å². The first-order valence-corrected chi connectivity index (χ1v) is 8.00. The summed E-state index contributed by atoms with van der Waals surface area (Å²) in [5, 5.41) is 3.35. The monoisotopic (exact) mass is 417 g/mol. The first kappa shape index (κ1) is 17.5. The third-order valence-corrected chi connectivity index (χ3v) is 4.82. The summed E-state index contributed by atoms with van der Waals surface area (Å²) in [4.78, 5) is 4.54. The van der Waals surface area contributed by atoms with Crippen LogP contribution in [0.2, 0.25) is 0 Å². The van der Waals surface area contributed by atoms with Crippen LogP contribution in [-0.4, -0.2) is 18.5 Å². The van der Waals surface area contributed by atoms with Crippen LogP contribution >= 0.6 is 24.0 Å². The van der Waals surface area contributed by atoms with Crippen molar-refractivity contribution in [2.75, 3.05) is 6.54 Å². The molecule has 1 aromatic rings. The molecule has 0 bridgehead atoms. The molecule has 22 heavy (non-hydrogen) atoms. The zero-order valence-electron chi connectivity index (χ0n) is 12.9. The van der Waals surface area contributed by atoms with E-state index >= 15 is 0 Å². The van der Waals surface area contributed by atoms with E-state index in [0.29, 0.717) is 18.5 Å². The van der Waals surface area contributed by atoms with Gasteiger partial charge in [0.1, 0.15) is 5.82 Å². The van der Waals surface area contributed by atoms with Crippen molar-refractivity contribution in [1.29, 1.82) is 0 Å². The van der Waals surface area contributed by atoms with E-state index in [0.717, 1.165) is 12.8 Å². The minimum absolute atomic E-state index is 0. The molecule has 0 atom stereocenters. The average Bonchev–Trinajstić information content (AvgIpc) is 3.28. The molecule has 0 spiro atoms. The smallest absolute Gasteiger partial charge is 0.188 e. The van der Waals surface area contributed by atoms with Crippen LogP contribution in [-0.2, 0) is 5.41 Å². The van der Waals surface area contributed by atoms with Crippen LogP contribution in [0, 0.1) is 5.82 Å². The van der Waals surface area contributed by atoms with E-state index in [1.807, 2.05) is 12.1 Å². The molecule has 0 amide bonds. The van der Waals surface area contributed by atoms with Gasteiger partial charge in [-0.25, -0.2) is 4.39 Å². The Morgan fingerprint density at radius 3 is 2.41 bits per heavy atom. The summed E-state index contributed by atoms with van der Waals surface area (Å²) >= 11 is 0. The molecule has 0 saturated heterocycles. The van der Waals surface area contributed by atoms with Gasteiger partial charge in [0.05, 0.1) is 6.54 Å². The molecule has 2 fully saturated rings. The molecular weight excluding hydrogens is 392 g/mol. The average molecular weight is 417 g/mol. The largest absolute Gasteiger partial charge is 0.370 e. The summed E-state index contributed by atoms with van der Waals surface area (Å²) in [6.45, 7) is 0.699. The third kappa shape index (κ3) is 4.33. The van der Waals surface area contributed by atoms with Crippen molar-refractivity contribution in [3.63, 3.8) is 0 Å². The molecule has 0 unspecified atom stereocenters. The predicted octanol–water partition coefficient (Wildman–Crippen LogP) is 3.71. The lowest BCUT2D eigenvalue weighted by atomic mass is 9.95. The first-order valence-electron chi connectivity index (χ1n) is 8.00. The number of hydrogen-bond donors (Lipinski definition) is 2. The molecule has 3 nitrogen and oxygen atoms in total. The van der Waals surface area contributed by atoms with Gasteiger partial charge in [-0.1, -0.05) is 31.4 Å². The minimum Gasteiger partial charge on any atom is -0.370 e. The number of hydrogen-bond acceptors (Lipinski definition) is 1. The Kier molecular flexibility index (Phi) is 6.06. The first-order chi connectivity index (χ1) is 10.2. The van der Waals surface area contributed by atoms with Crippen molar-refractivity contribution < 1.29 is 4.39 Å². The maximum absolute atomic E-state index is 13.0. The number of guanidine groups is 1. The maximum atomic E-state index is 13.0. The molecule has 2 aliphatic carbocycles. The minimum atomic E-state index is -0.184. The zero-order valence-corrected chi connectivity index (χ0v) is 15.2. The number of nitrogens with two attached hydrogens (primary N) is 1. The summed E-state index contributed by atoms with van der Waals surface area (Å²) in [5.74, 6) is 0.381. The second-order valence-corrected chi connectivity index (χ2v) is 6.47. The fraction of sp³-hybridized carbons (Fsp3) is 0.588. The highest BCUT2D eigenvalue weighted by Crippen LogP contribution is 2.48. The summed E-state index contributed by atoms with van der Waals surface area (Å²) in [7, 11) is 0. The molecule has 5 heteroatoms. The lowest BCUT2D eigenvalue weighted by Crippen LogP contribution is -2.41. The molecule has 2 aliphatic rings. The van der Waals surface area contributed by atoms with Crippen molar-refractivity contribution in [3.8, 4) is 0 Å². The Morgan fingerprint density at radius 2 is 1.82 bits per heavy atom. The lowest BCUT2D eigenvalue weighted by molar-refractivity contribution is 0.412. The Morgan fingerprint density at radius 1 is 1.18 bits per heavy atom. The number of benzene rings is 1. The molecule has 3 N–H and O–H groups in total. The molecule has 3 rings (SSSR count). The number of aliphatic imine (C=N–C) groups is 1. The molecule has 0 aromatic heterocycles. The second kappa shape index (κ2) is 7.62. The van der Waals surface area contributed by atoms with Crippen molar-refractivity contribution in [3.05, 3.63) is 35.6 Å². The standard InChI is InChI=1S/C17H24FN3.HI/c18-14-8-6-13(7-9-14)17(10-11-17)12-20-16(19)21-15-4-2-1-3-5-15;/h6-9,15H,1-5,10-12H2,(H3,19,20,21);1H. The van der Waals surface area contributed by atoms with E-state index in [1.165, 1.54) is 49.8 Å². The summed E-state index contributed by atoms with van der Waals surface area (Å²) in [6, 6.07) is 7.31. The Hall–Kier alpha value is -0.850. The second-order valence-electron chi connectivity index (χ2n) is 6.47. The zero-order chi connectivity index (χ0) is 14.7. The van der Waals surface area contributed by atoms with E-state index in [4.69, 9.17) is 5.73 Å². The van der Waals surface area contributed by atoms with Gasteiger partial charge in [0.15, 0.2) is 5.96 Å². The number of halogens is 2. The molecule has 1 aromatic carbocycles. The van der Waals surface area contributed by atoms with Crippen LogP contribution in [0.4, 0.5) is 4.39 Å². The van der Waals surface area contributed by atoms with Gasteiger partial charge in [-0.3, -0.25) is 4.99 Å². The summed E-state index contributed by atoms with van der Waals surface area (Å²) in [5.41, 5.74) is 7.29. The Bertz CT molecular complexity index is 505. The van der Waals surface area contributed by atoms with E-state index in [2.05, 4.69) is 10.3 Å². The van der Waals surface area contributed by atoms with Crippen LogP contribution < -0.4 is 11.1 Å². The molecular formula is C17H25FIN3. The van der Waals surface area contributed by atoms with Crippen LogP contribution in [0.1, 0.15) is 50.5 Å². The van der Waals surface area contributed by atoms with E-state index in [-0.39, 0.29) is 35.2 Å². The molecule has 0 heterocycles. The molecule has 2 saturated carbocycles. The topological polar surface area (TPSA) is 50.4 Å². The number of nitrogens with one attached hydrogen (secondary N) is 1. The SMILES string of the molecule is I.NC(=NCC1(c2ccc(F)cc2)CC1)NC1CCCCC1. The van der Waals surface area contributed by atoms with Gasteiger partial charge in [-0.2, -0.15) is 0 Å². The Balaban J connectivity index is 0.00000176. The summed E-state index contributed by atoms with van der Waals surface area (Å²) in [6.07, 6.45) is 8.51. The van der Waals surface area contributed by atoms with E-state index < -0.39 is 0 Å². The van der Waals surface area contributed by atoms with Gasteiger partial charge < -0.3 is 11.1 Å². The van der Waals surface area contributed by atoms with Gasteiger partial charge in [0.25, 0.3) is 0 Å². The highest BCUT2D eigenvalue weighted by molar-refractivity contribution is 14.0. The fourth-order valence-corrected chi connectivity index (χ4v) is 3.23. The van der Waals surface area contributed by atoms with Crippen molar-refractivity contribution in [1.82, 2.24) is 5.32 Å². The lowest BCUT2D eigenvalue weighted by Gasteiger charge is -2.23. The van der Waals surface area contributed by atoms with E-state index in [1.54, 1.807) is 0 Å². The quantitative estimate of drug-likeness (QED) is 0.446. The third-order valence-electron chi connectivity index (χ3n) is 4.82. The number of nitrogens with zero attached hydrogens (tertiary/aromatic N) is 1. The highest BCUT2D eigenvalue weighted by Gasteiger charge is 2.44. The number of rotatable bonds is 4. The van der Waals surface area contributed by atoms with Crippen LogP contribution in [0.15, 0.2) is 29.3 Å². The van der Waals surface area contributed by atoms with Gasteiger partial charge in [0.2, 0.25) is 0 Å². The molecule has 0 radical (unpaired) electrons. The predicted molar refractivity (Wildman–Crippen MR) is 99.2 cm³/mol.